The third-order valence-corrected chi connectivity index (χ3v) is 3.68. The van der Waals surface area contributed by atoms with Gasteiger partial charge in [-0.25, -0.2) is 4.79 Å². The van der Waals surface area contributed by atoms with Gasteiger partial charge in [0.15, 0.2) is 6.04 Å². The van der Waals surface area contributed by atoms with E-state index < -0.39 is 12.0 Å². The first kappa shape index (κ1) is 14.8. The van der Waals surface area contributed by atoms with E-state index in [9.17, 15) is 14.7 Å². The topological polar surface area (TPSA) is 71.3 Å². The summed E-state index contributed by atoms with van der Waals surface area (Å²) in [5.41, 5.74) is 1.49. The van der Waals surface area contributed by atoms with Crippen molar-refractivity contribution in [2.45, 2.75) is 12.6 Å². The van der Waals surface area contributed by atoms with Crippen molar-refractivity contribution in [2.24, 2.45) is 0 Å². The number of hydrogen-bond donors (Lipinski definition) is 2. The molecule has 3 aromatic rings. The Morgan fingerprint density at radius 3 is 2.43 bits per heavy atom. The van der Waals surface area contributed by atoms with Gasteiger partial charge in [-0.3, -0.25) is 4.79 Å². The lowest BCUT2D eigenvalue weighted by molar-refractivity contribution is -0.142. The van der Waals surface area contributed by atoms with E-state index in [-0.39, 0.29) is 12.5 Å². The summed E-state index contributed by atoms with van der Waals surface area (Å²) in [5.74, 6) is -1.43. The molecule has 5 heteroatoms. The van der Waals surface area contributed by atoms with E-state index in [0.29, 0.717) is 5.56 Å². The molecule has 0 radical (unpaired) electrons. The molecule has 0 aliphatic heterocycles. The van der Waals surface area contributed by atoms with Crippen LogP contribution in [-0.4, -0.2) is 21.6 Å². The SMILES string of the molecule is O=C(Cn1ccc2ccccc21)N[C@@H](C(=O)O)c1ccccc1. The first-order chi connectivity index (χ1) is 11.1. The van der Waals surface area contributed by atoms with E-state index in [1.54, 1.807) is 34.9 Å². The molecule has 0 fully saturated rings. The predicted molar refractivity (Wildman–Crippen MR) is 86.9 cm³/mol. The third kappa shape index (κ3) is 3.23. The van der Waals surface area contributed by atoms with Gasteiger partial charge in [0.25, 0.3) is 0 Å². The molecular weight excluding hydrogens is 292 g/mol. The van der Waals surface area contributed by atoms with E-state index in [0.717, 1.165) is 10.9 Å². The predicted octanol–water partition coefficient (Wildman–Crippen LogP) is 2.58. The van der Waals surface area contributed by atoms with Crippen molar-refractivity contribution < 1.29 is 14.7 Å². The maximum Gasteiger partial charge on any atom is 0.330 e. The van der Waals surface area contributed by atoms with Gasteiger partial charge in [0.2, 0.25) is 5.91 Å². The summed E-state index contributed by atoms with van der Waals surface area (Å²) in [4.78, 5) is 23.7. The molecule has 23 heavy (non-hydrogen) atoms. The van der Waals surface area contributed by atoms with E-state index in [1.165, 1.54) is 0 Å². The minimum atomic E-state index is -1.08. The fourth-order valence-corrected chi connectivity index (χ4v) is 2.57. The molecule has 0 unspecified atom stereocenters. The van der Waals surface area contributed by atoms with Gasteiger partial charge in [0.05, 0.1) is 0 Å². The van der Waals surface area contributed by atoms with Crippen molar-refractivity contribution in [2.75, 3.05) is 0 Å². The number of rotatable bonds is 5. The quantitative estimate of drug-likeness (QED) is 0.761. The van der Waals surface area contributed by atoms with Gasteiger partial charge < -0.3 is 15.0 Å². The molecular formula is C18H16N2O3. The molecule has 1 amide bonds. The normalized spacial score (nSPS) is 12.0. The van der Waals surface area contributed by atoms with Crippen LogP contribution in [0.3, 0.4) is 0 Å². The number of nitrogens with one attached hydrogen (secondary N) is 1. The van der Waals surface area contributed by atoms with Crippen LogP contribution in [0, 0.1) is 0 Å². The standard InChI is InChI=1S/C18H16N2O3/c21-16(12-20-11-10-13-6-4-5-9-15(13)20)19-17(18(22)23)14-7-2-1-3-8-14/h1-11,17H,12H2,(H,19,21)(H,22,23)/t17-/m1/s1. The molecule has 1 aromatic heterocycles. The summed E-state index contributed by atoms with van der Waals surface area (Å²) in [6, 6.07) is 17.3. The Balaban J connectivity index is 1.76. The summed E-state index contributed by atoms with van der Waals surface area (Å²) in [7, 11) is 0. The number of amides is 1. The largest absolute Gasteiger partial charge is 0.479 e. The zero-order valence-electron chi connectivity index (χ0n) is 12.3. The van der Waals surface area contributed by atoms with Crippen LogP contribution >= 0.6 is 0 Å². The second kappa shape index (κ2) is 6.36. The average Bonchev–Trinajstić information content (AvgIpc) is 2.96. The Morgan fingerprint density at radius 1 is 1.00 bits per heavy atom. The number of hydrogen-bond acceptors (Lipinski definition) is 2. The monoisotopic (exact) mass is 308 g/mol. The van der Waals surface area contributed by atoms with Gasteiger partial charge in [-0.1, -0.05) is 48.5 Å². The second-order valence-corrected chi connectivity index (χ2v) is 5.25. The Hall–Kier alpha value is -3.08. The van der Waals surface area contributed by atoms with Crippen molar-refractivity contribution in [1.82, 2.24) is 9.88 Å². The average molecular weight is 308 g/mol. The summed E-state index contributed by atoms with van der Waals surface area (Å²) in [6.07, 6.45) is 1.82. The van der Waals surface area contributed by atoms with Crippen LogP contribution in [0.5, 0.6) is 0 Å². The molecule has 0 saturated carbocycles. The Labute approximate surface area is 133 Å². The van der Waals surface area contributed by atoms with Crippen LogP contribution in [0.25, 0.3) is 10.9 Å². The fourth-order valence-electron chi connectivity index (χ4n) is 2.57. The molecule has 2 aromatic carbocycles. The minimum absolute atomic E-state index is 0.0735. The number of aliphatic carboxylic acids is 1. The van der Waals surface area contributed by atoms with Gasteiger partial charge in [0, 0.05) is 11.7 Å². The number of carboxylic acids is 1. The van der Waals surface area contributed by atoms with Gasteiger partial charge in [-0.05, 0) is 23.1 Å². The fraction of sp³-hybridized carbons (Fsp3) is 0.111. The highest BCUT2D eigenvalue weighted by molar-refractivity contribution is 5.86. The van der Waals surface area contributed by atoms with E-state index >= 15 is 0 Å². The summed E-state index contributed by atoms with van der Waals surface area (Å²) >= 11 is 0. The zero-order chi connectivity index (χ0) is 16.2. The molecule has 116 valence electrons. The van der Waals surface area contributed by atoms with Gasteiger partial charge in [-0.2, -0.15) is 0 Å². The van der Waals surface area contributed by atoms with Crippen molar-refractivity contribution in [1.29, 1.82) is 0 Å². The van der Waals surface area contributed by atoms with Crippen LogP contribution in [0.2, 0.25) is 0 Å². The molecule has 0 aliphatic carbocycles. The van der Waals surface area contributed by atoms with Crippen molar-refractivity contribution in [3.63, 3.8) is 0 Å². The highest BCUT2D eigenvalue weighted by Crippen LogP contribution is 2.16. The van der Waals surface area contributed by atoms with Crippen molar-refractivity contribution >= 4 is 22.8 Å². The van der Waals surface area contributed by atoms with Gasteiger partial charge in [-0.15, -0.1) is 0 Å². The molecule has 2 N–H and O–H groups in total. The number of carbonyl (C=O) groups is 2. The maximum absolute atomic E-state index is 12.2. The van der Waals surface area contributed by atoms with Crippen LogP contribution in [0.1, 0.15) is 11.6 Å². The summed E-state index contributed by atoms with van der Waals surface area (Å²) < 4.78 is 1.80. The lowest BCUT2D eigenvalue weighted by Crippen LogP contribution is -2.35. The zero-order valence-corrected chi connectivity index (χ0v) is 12.3. The number of benzene rings is 2. The van der Waals surface area contributed by atoms with Crippen LogP contribution < -0.4 is 5.32 Å². The highest BCUT2D eigenvalue weighted by atomic mass is 16.4. The number of para-hydroxylation sites is 1. The molecule has 3 rings (SSSR count). The maximum atomic E-state index is 12.2. The molecule has 0 spiro atoms. The first-order valence-corrected chi connectivity index (χ1v) is 7.26. The Morgan fingerprint density at radius 2 is 1.70 bits per heavy atom. The highest BCUT2D eigenvalue weighted by Gasteiger charge is 2.21. The van der Waals surface area contributed by atoms with Crippen LogP contribution in [-0.2, 0) is 16.1 Å². The minimum Gasteiger partial charge on any atom is -0.479 e. The number of carboxylic acid groups (broad SMARTS) is 1. The number of nitrogens with zero attached hydrogens (tertiary/aromatic N) is 1. The van der Waals surface area contributed by atoms with E-state index in [1.807, 2.05) is 36.5 Å². The lowest BCUT2D eigenvalue weighted by Gasteiger charge is -2.15. The van der Waals surface area contributed by atoms with Crippen LogP contribution in [0.15, 0.2) is 66.9 Å². The third-order valence-electron chi connectivity index (χ3n) is 3.68. The first-order valence-electron chi connectivity index (χ1n) is 7.26. The lowest BCUT2D eigenvalue weighted by atomic mass is 10.1. The molecule has 1 atom stereocenters. The van der Waals surface area contributed by atoms with E-state index in [4.69, 9.17) is 0 Å². The van der Waals surface area contributed by atoms with Gasteiger partial charge >= 0.3 is 5.97 Å². The molecule has 0 bridgehead atoms. The Bertz CT molecular complexity index is 840. The molecule has 0 aliphatic rings. The number of fused-ring (bicyclic) bond motifs is 1. The number of carbonyl (C=O) groups excluding carboxylic acids is 1. The molecule has 5 nitrogen and oxygen atoms in total. The second-order valence-electron chi connectivity index (χ2n) is 5.25. The smallest absolute Gasteiger partial charge is 0.330 e. The van der Waals surface area contributed by atoms with Gasteiger partial charge in [0.1, 0.15) is 6.54 Å². The van der Waals surface area contributed by atoms with Crippen molar-refractivity contribution in [3.05, 3.63) is 72.4 Å². The van der Waals surface area contributed by atoms with Crippen molar-refractivity contribution in [3.8, 4) is 0 Å². The van der Waals surface area contributed by atoms with Crippen LogP contribution in [0.4, 0.5) is 0 Å². The summed E-state index contributed by atoms with van der Waals surface area (Å²) in [6.45, 7) is 0.0735. The number of aromatic nitrogens is 1. The summed E-state index contributed by atoms with van der Waals surface area (Å²) in [5, 5.41) is 13.0. The Kier molecular flexibility index (Phi) is 4.10. The molecule has 0 saturated heterocycles. The molecule has 1 heterocycles. The van der Waals surface area contributed by atoms with E-state index in [2.05, 4.69) is 5.32 Å².